The third-order valence-electron chi connectivity index (χ3n) is 7.92. The summed E-state index contributed by atoms with van der Waals surface area (Å²) in [6, 6.07) is 24.1. The van der Waals surface area contributed by atoms with Gasteiger partial charge < -0.3 is 10.6 Å². The number of carbonyl (C=O) groups is 1. The monoisotopic (exact) mass is 544 g/mol. The molecule has 2 aliphatic rings. The van der Waals surface area contributed by atoms with Gasteiger partial charge in [-0.15, -0.1) is 0 Å². The zero-order chi connectivity index (χ0) is 27.7. The lowest BCUT2D eigenvalue weighted by Gasteiger charge is -2.31. The molecule has 0 saturated heterocycles. The lowest BCUT2D eigenvalue weighted by Crippen LogP contribution is -2.42. The van der Waals surface area contributed by atoms with Crippen LogP contribution in [0.4, 0.5) is 18.9 Å². The van der Waals surface area contributed by atoms with Crippen molar-refractivity contribution in [2.45, 2.75) is 63.6 Å². The number of fused-ring (bicyclic) bond motifs is 2. The summed E-state index contributed by atoms with van der Waals surface area (Å²) in [6.45, 7) is 2.35. The minimum Gasteiger partial charge on any atom is -0.382 e. The van der Waals surface area contributed by atoms with Crippen molar-refractivity contribution in [1.82, 2.24) is 15.2 Å². The molecule has 1 fully saturated rings. The summed E-state index contributed by atoms with van der Waals surface area (Å²) in [4.78, 5) is 19.6. The highest BCUT2D eigenvalue weighted by atomic mass is 19.4. The number of para-hydroxylation sites is 1. The molecule has 1 aliphatic heterocycles. The van der Waals surface area contributed by atoms with Gasteiger partial charge in [0.25, 0.3) is 5.91 Å². The molecule has 1 aliphatic carbocycles. The van der Waals surface area contributed by atoms with Crippen LogP contribution in [-0.4, -0.2) is 27.9 Å². The number of amides is 1. The molecule has 6 rings (SSSR count). The first-order valence-electron chi connectivity index (χ1n) is 13.7. The maximum Gasteiger partial charge on any atom is 0.433 e. The number of nitrogens with one attached hydrogen (secondary N) is 2. The molecule has 206 valence electrons. The smallest absolute Gasteiger partial charge is 0.382 e. The Bertz CT molecular complexity index is 1520. The van der Waals surface area contributed by atoms with E-state index in [0.717, 1.165) is 50.5 Å². The van der Waals surface area contributed by atoms with Gasteiger partial charge in [0, 0.05) is 48.4 Å². The standard InChI is InChI=1S/C32H31F3N4O/c33-32(34,35)30-17-29(26-13-4-5-15-28(26)38-30)36-23-11-7-12-24(16-23)37-31(40)25-14-6-10-22-19-39(20-27(22)25)18-21-8-2-1-3-9-21/h1-6,8-10,13-15,17,23-24H,7,11-12,16,18-20H2,(H,36,38)(H,37,40)/t23-,24+/m0/s1. The fourth-order valence-corrected chi connectivity index (χ4v) is 6.03. The van der Waals surface area contributed by atoms with E-state index in [0.29, 0.717) is 28.6 Å². The van der Waals surface area contributed by atoms with Gasteiger partial charge in [0.1, 0.15) is 5.69 Å². The van der Waals surface area contributed by atoms with Crippen LogP contribution in [0.1, 0.15) is 58.4 Å². The Morgan fingerprint density at radius 1 is 0.925 bits per heavy atom. The second-order valence-electron chi connectivity index (χ2n) is 10.8. The van der Waals surface area contributed by atoms with E-state index in [2.05, 4.69) is 38.7 Å². The third-order valence-corrected chi connectivity index (χ3v) is 7.92. The van der Waals surface area contributed by atoms with Gasteiger partial charge in [-0.2, -0.15) is 13.2 Å². The maximum atomic E-state index is 13.5. The normalized spacial score (nSPS) is 19.4. The Balaban J connectivity index is 1.14. The molecule has 4 aromatic rings. The zero-order valence-corrected chi connectivity index (χ0v) is 22.0. The van der Waals surface area contributed by atoms with Crippen molar-refractivity contribution < 1.29 is 18.0 Å². The molecule has 0 spiro atoms. The summed E-state index contributed by atoms with van der Waals surface area (Å²) in [5.41, 5.74) is 4.02. The van der Waals surface area contributed by atoms with Gasteiger partial charge in [0.05, 0.1) is 5.52 Å². The van der Waals surface area contributed by atoms with Gasteiger partial charge in [0.15, 0.2) is 0 Å². The number of aromatic nitrogens is 1. The molecule has 1 amide bonds. The third kappa shape index (κ3) is 5.68. The summed E-state index contributed by atoms with van der Waals surface area (Å²) in [5, 5.41) is 7.23. The Morgan fingerprint density at radius 3 is 2.52 bits per heavy atom. The molecule has 1 saturated carbocycles. The lowest BCUT2D eigenvalue weighted by molar-refractivity contribution is -0.140. The fraction of sp³-hybridized carbons (Fsp3) is 0.312. The topological polar surface area (TPSA) is 57.3 Å². The lowest BCUT2D eigenvalue weighted by atomic mass is 9.90. The summed E-state index contributed by atoms with van der Waals surface area (Å²) < 4.78 is 40.6. The van der Waals surface area contributed by atoms with Crippen molar-refractivity contribution in [3.05, 3.63) is 107 Å². The van der Waals surface area contributed by atoms with Crippen molar-refractivity contribution >= 4 is 22.5 Å². The van der Waals surface area contributed by atoms with E-state index < -0.39 is 11.9 Å². The van der Waals surface area contributed by atoms with Crippen LogP contribution in [0.25, 0.3) is 10.9 Å². The summed E-state index contributed by atoms with van der Waals surface area (Å²) in [6.07, 6.45) is -1.37. The van der Waals surface area contributed by atoms with Gasteiger partial charge in [-0.25, -0.2) is 4.98 Å². The summed E-state index contributed by atoms with van der Waals surface area (Å²) in [5.74, 6) is -0.0854. The number of hydrogen-bond donors (Lipinski definition) is 2. The van der Waals surface area contributed by atoms with Crippen LogP contribution in [0.2, 0.25) is 0 Å². The number of nitrogens with zero attached hydrogens (tertiary/aromatic N) is 2. The molecule has 0 radical (unpaired) electrons. The van der Waals surface area contributed by atoms with Crippen LogP contribution in [-0.2, 0) is 25.8 Å². The maximum absolute atomic E-state index is 13.5. The second kappa shape index (κ2) is 10.9. The van der Waals surface area contributed by atoms with Gasteiger partial charge in [0.2, 0.25) is 0 Å². The van der Waals surface area contributed by atoms with Crippen molar-refractivity contribution in [3.63, 3.8) is 0 Å². The van der Waals surface area contributed by atoms with E-state index in [1.165, 1.54) is 11.1 Å². The summed E-state index contributed by atoms with van der Waals surface area (Å²) >= 11 is 0. The molecule has 3 aromatic carbocycles. The highest BCUT2D eigenvalue weighted by Crippen LogP contribution is 2.34. The average molecular weight is 545 g/mol. The first-order chi connectivity index (χ1) is 19.3. The zero-order valence-electron chi connectivity index (χ0n) is 22.0. The largest absolute Gasteiger partial charge is 0.433 e. The Morgan fingerprint density at radius 2 is 1.70 bits per heavy atom. The van der Waals surface area contributed by atoms with E-state index >= 15 is 0 Å². The van der Waals surface area contributed by atoms with Gasteiger partial charge in [-0.05, 0) is 60.6 Å². The molecule has 8 heteroatoms. The molecule has 2 heterocycles. The van der Waals surface area contributed by atoms with Crippen LogP contribution < -0.4 is 10.6 Å². The van der Waals surface area contributed by atoms with E-state index in [9.17, 15) is 18.0 Å². The molecule has 0 bridgehead atoms. The predicted octanol–water partition coefficient (Wildman–Crippen LogP) is 6.92. The van der Waals surface area contributed by atoms with E-state index in [4.69, 9.17) is 0 Å². The summed E-state index contributed by atoms with van der Waals surface area (Å²) in [7, 11) is 0. The molecule has 0 unspecified atom stereocenters. The van der Waals surface area contributed by atoms with Crippen molar-refractivity contribution in [2.24, 2.45) is 0 Å². The average Bonchev–Trinajstić information content (AvgIpc) is 3.35. The van der Waals surface area contributed by atoms with Crippen molar-refractivity contribution in [2.75, 3.05) is 5.32 Å². The highest BCUT2D eigenvalue weighted by Gasteiger charge is 2.34. The van der Waals surface area contributed by atoms with Crippen molar-refractivity contribution in [3.8, 4) is 0 Å². The van der Waals surface area contributed by atoms with E-state index in [1.807, 2.05) is 30.3 Å². The van der Waals surface area contributed by atoms with Crippen LogP contribution in [0.3, 0.4) is 0 Å². The van der Waals surface area contributed by atoms with Crippen LogP contribution >= 0.6 is 0 Å². The van der Waals surface area contributed by atoms with Crippen LogP contribution in [0.5, 0.6) is 0 Å². The van der Waals surface area contributed by atoms with Crippen LogP contribution in [0, 0.1) is 0 Å². The number of pyridine rings is 1. The first-order valence-corrected chi connectivity index (χ1v) is 13.7. The number of alkyl halides is 3. The quantitative estimate of drug-likeness (QED) is 0.277. The SMILES string of the molecule is O=C(N[C@@H]1CCC[C@H](Nc2cc(C(F)(F)F)nc3ccccc23)C1)c1cccc2c1CN(Cc1ccccc1)C2. The molecule has 1 aromatic heterocycles. The Hall–Kier alpha value is -3.91. The molecular formula is C32H31F3N4O. The van der Waals surface area contributed by atoms with E-state index in [-0.39, 0.29) is 18.0 Å². The number of halogens is 3. The Labute approximate surface area is 231 Å². The molecular weight excluding hydrogens is 513 g/mol. The first kappa shape index (κ1) is 26.3. The fourth-order valence-electron chi connectivity index (χ4n) is 6.03. The molecule has 2 N–H and O–H groups in total. The minimum absolute atomic E-state index is 0.0613. The van der Waals surface area contributed by atoms with Crippen LogP contribution in [0.15, 0.2) is 78.9 Å². The highest BCUT2D eigenvalue weighted by molar-refractivity contribution is 5.96. The van der Waals surface area contributed by atoms with Gasteiger partial charge >= 0.3 is 6.18 Å². The Kier molecular flexibility index (Phi) is 7.19. The molecule has 5 nitrogen and oxygen atoms in total. The molecule has 2 atom stereocenters. The number of anilines is 1. The number of carbonyl (C=O) groups excluding carboxylic acids is 1. The van der Waals surface area contributed by atoms with Crippen molar-refractivity contribution in [1.29, 1.82) is 0 Å². The predicted molar refractivity (Wildman–Crippen MR) is 150 cm³/mol. The number of rotatable bonds is 6. The number of benzene rings is 3. The van der Waals surface area contributed by atoms with Gasteiger partial charge in [-0.1, -0.05) is 60.7 Å². The minimum atomic E-state index is -4.53. The second-order valence-corrected chi connectivity index (χ2v) is 10.8. The van der Waals surface area contributed by atoms with E-state index in [1.54, 1.807) is 24.3 Å². The van der Waals surface area contributed by atoms with Gasteiger partial charge in [-0.3, -0.25) is 9.69 Å². The molecule has 40 heavy (non-hydrogen) atoms. The number of hydrogen-bond acceptors (Lipinski definition) is 4.